The van der Waals surface area contributed by atoms with Crippen LogP contribution in [0.1, 0.15) is 42.7 Å². The van der Waals surface area contributed by atoms with Gasteiger partial charge in [-0.3, -0.25) is 4.79 Å². The van der Waals surface area contributed by atoms with Crippen LogP contribution in [0.3, 0.4) is 0 Å². The third kappa shape index (κ3) is 3.30. The second-order valence-electron chi connectivity index (χ2n) is 7.42. The summed E-state index contributed by atoms with van der Waals surface area (Å²) >= 11 is 5.94. The fraction of sp³-hybridized carbons (Fsp3) is 0.429. The molecule has 0 unspecified atom stereocenters. The molecule has 2 aromatic rings. The van der Waals surface area contributed by atoms with Crippen molar-refractivity contribution in [1.29, 1.82) is 0 Å². The van der Waals surface area contributed by atoms with Crippen molar-refractivity contribution in [2.75, 3.05) is 25.5 Å². The topological polar surface area (TPSA) is 63.2 Å². The molecule has 4 rings (SSSR count). The minimum atomic E-state index is -0.566. The number of anilines is 1. The lowest BCUT2D eigenvalue weighted by Crippen LogP contribution is -2.63. The van der Waals surface area contributed by atoms with Crippen LogP contribution < -0.4 is 15.4 Å². The van der Waals surface area contributed by atoms with Crippen molar-refractivity contribution < 1.29 is 9.53 Å². The van der Waals surface area contributed by atoms with Crippen molar-refractivity contribution in [1.82, 2.24) is 10.3 Å². The molecule has 0 spiro atoms. The smallest absolute Gasteiger partial charge is 0.237 e. The summed E-state index contributed by atoms with van der Waals surface area (Å²) in [6.07, 6.45) is 6.49. The van der Waals surface area contributed by atoms with Crippen LogP contribution in [0, 0.1) is 0 Å². The Morgan fingerprint density at radius 3 is 2.70 bits per heavy atom. The minimum Gasteiger partial charge on any atom is -0.494 e. The van der Waals surface area contributed by atoms with Gasteiger partial charge in [0.05, 0.1) is 18.7 Å². The molecular weight excluding hydrogens is 362 g/mol. The first kappa shape index (κ1) is 18.3. The van der Waals surface area contributed by atoms with Gasteiger partial charge in [-0.25, -0.2) is 4.98 Å². The number of carbonyl (C=O) groups is 1. The third-order valence-corrected chi connectivity index (χ3v) is 6.07. The number of amides is 1. The Kier molecular flexibility index (Phi) is 5.06. The highest BCUT2D eigenvalue weighted by Gasteiger charge is 2.47. The number of aromatic nitrogens is 1. The Balaban J connectivity index is 1.66. The van der Waals surface area contributed by atoms with E-state index in [2.05, 4.69) is 33.8 Å². The van der Waals surface area contributed by atoms with Gasteiger partial charge in [-0.15, -0.1) is 0 Å². The normalized spacial score (nSPS) is 18.7. The number of nitrogens with one attached hydrogen (secondary N) is 2. The van der Waals surface area contributed by atoms with E-state index in [-0.39, 0.29) is 5.91 Å². The second-order valence-corrected chi connectivity index (χ2v) is 7.80. The van der Waals surface area contributed by atoms with E-state index in [1.807, 2.05) is 6.07 Å². The predicted molar refractivity (Wildman–Crippen MR) is 107 cm³/mol. The largest absolute Gasteiger partial charge is 0.494 e. The maximum absolute atomic E-state index is 13.4. The number of nitrogens with zero attached hydrogens (tertiary/aromatic N) is 1. The SMILES string of the molecule is COc1cc(Cl)ncc1NC(=O)C1(c2ccccc2C2CCCC2)CNC1. The van der Waals surface area contributed by atoms with Crippen molar-refractivity contribution in [2.45, 2.75) is 37.0 Å². The summed E-state index contributed by atoms with van der Waals surface area (Å²) in [4.78, 5) is 17.4. The molecule has 1 aromatic carbocycles. The predicted octanol–water partition coefficient (Wildman–Crippen LogP) is 3.88. The molecular formula is C21H24ClN3O2. The summed E-state index contributed by atoms with van der Waals surface area (Å²) in [6.45, 7) is 1.26. The molecule has 2 aliphatic rings. The van der Waals surface area contributed by atoms with Crippen LogP contribution in [0.4, 0.5) is 5.69 Å². The van der Waals surface area contributed by atoms with Crippen LogP contribution in [0.25, 0.3) is 0 Å². The van der Waals surface area contributed by atoms with Crippen molar-refractivity contribution in [2.24, 2.45) is 0 Å². The number of carbonyl (C=O) groups excluding carboxylic acids is 1. The number of methoxy groups -OCH3 is 1. The summed E-state index contributed by atoms with van der Waals surface area (Å²) < 4.78 is 5.35. The number of halogens is 1. The third-order valence-electron chi connectivity index (χ3n) is 5.86. The molecule has 142 valence electrons. The second kappa shape index (κ2) is 7.49. The number of rotatable bonds is 5. The quantitative estimate of drug-likeness (QED) is 0.766. The maximum atomic E-state index is 13.4. The highest BCUT2D eigenvalue weighted by atomic mass is 35.5. The van der Waals surface area contributed by atoms with E-state index >= 15 is 0 Å². The van der Waals surface area contributed by atoms with Gasteiger partial charge in [0.2, 0.25) is 5.91 Å². The summed E-state index contributed by atoms with van der Waals surface area (Å²) in [5.74, 6) is 1.03. The molecule has 1 amide bonds. The molecule has 1 aliphatic carbocycles. The zero-order chi connectivity index (χ0) is 18.9. The first-order valence-corrected chi connectivity index (χ1v) is 9.83. The van der Waals surface area contributed by atoms with Gasteiger partial charge in [-0.05, 0) is 29.9 Å². The van der Waals surface area contributed by atoms with E-state index in [0.29, 0.717) is 35.6 Å². The number of hydrogen-bond donors (Lipinski definition) is 2. The summed E-state index contributed by atoms with van der Waals surface area (Å²) in [6, 6.07) is 10.0. The minimum absolute atomic E-state index is 0.0332. The van der Waals surface area contributed by atoms with Gasteiger partial charge in [-0.1, -0.05) is 48.7 Å². The maximum Gasteiger partial charge on any atom is 0.237 e. The monoisotopic (exact) mass is 385 g/mol. The molecule has 1 aromatic heterocycles. The molecule has 0 radical (unpaired) electrons. The summed E-state index contributed by atoms with van der Waals surface area (Å²) in [7, 11) is 1.55. The van der Waals surface area contributed by atoms with E-state index in [0.717, 1.165) is 5.56 Å². The Hall–Kier alpha value is -2.11. The molecule has 1 saturated carbocycles. The zero-order valence-electron chi connectivity index (χ0n) is 15.4. The number of hydrogen-bond acceptors (Lipinski definition) is 4. The van der Waals surface area contributed by atoms with E-state index in [1.165, 1.54) is 31.2 Å². The van der Waals surface area contributed by atoms with Gasteiger partial charge in [0.15, 0.2) is 0 Å². The lowest BCUT2D eigenvalue weighted by atomic mass is 9.70. The molecule has 1 saturated heterocycles. The summed E-state index contributed by atoms with van der Waals surface area (Å²) in [5, 5.41) is 6.65. The van der Waals surface area contributed by atoms with Crippen LogP contribution in [0.5, 0.6) is 5.75 Å². The molecule has 6 heteroatoms. The van der Waals surface area contributed by atoms with Crippen molar-refractivity contribution >= 4 is 23.2 Å². The molecule has 0 bridgehead atoms. The van der Waals surface area contributed by atoms with Crippen molar-refractivity contribution in [3.8, 4) is 5.75 Å². The van der Waals surface area contributed by atoms with Crippen LogP contribution >= 0.6 is 11.6 Å². The van der Waals surface area contributed by atoms with Crippen molar-refractivity contribution in [3.05, 3.63) is 52.8 Å². The molecule has 27 heavy (non-hydrogen) atoms. The average Bonchev–Trinajstić information content (AvgIpc) is 3.17. The molecule has 0 atom stereocenters. The molecule has 2 fully saturated rings. The Labute approximate surface area is 164 Å². The van der Waals surface area contributed by atoms with Gasteiger partial charge >= 0.3 is 0 Å². The fourth-order valence-electron chi connectivity index (χ4n) is 4.29. The highest BCUT2D eigenvalue weighted by molar-refractivity contribution is 6.29. The number of ether oxygens (including phenoxy) is 1. The number of benzene rings is 1. The highest BCUT2D eigenvalue weighted by Crippen LogP contribution is 2.41. The van der Waals surface area contributed by atoms with Gasteiger partial charge in [0.1, 0.15) is 16.6 Å². The first-order chi connectivity index (χ1) is 13.1. The van der Waals surface area contributed by atoms with Gasteiger partial charge in [0.25, 0.3) is 0 Å². The molecule has 5 nitrogen and oxygen atoms in total. The van der Waals surface area contributed by atoms with E-state index in [9.17, 15) is 4.79 Å². The zero-order valence-corrected chi connectivity index (χ0v) is 16.2. The van der Waals surface area contributed by atoms with Gasteiger partial charge in [-0.2, -0.15) is 0 Å². The Morgan fingerprint density at radius 2 is 2.04 bits per heavy atom. The lowest BCUT2D eigenvalue weighted by molar-refractivity contribution is -0.123. The molecule has 2 N–H and O–H groups in total. The van der Waals surface area contributed by atoms with E-state index < -0.39 is 5.41 Å². The standard InChI is InChI=1S/C21H24ClN3O2/c1-27-18-10-19(22)24-11-17(18)25-20(26)21(12-23-13-21)16-9-5-4-8-15(16)14-6-2-3-7-14/h4-5,8-11,14,23H,2-3,6-7,12-13H2,1H3,(H,25,26). The fourth-order valence-corrected chi connectivity index (χ4v) is 4.44. The Bertz CT molecular complexity index is 845. The molecule has 2 heterocycles. The van der Waals surface area contributed by atoms with Crippen LogP contribution in [-0.2, 0) is 10.2 Å². The summed E-state index contributed by atoms with van der Waals surface area (Å²) in [5.41, 5.74) is 2.45. The number of pyridine rings is 1. The van der Waals surface area contributed by atoms with Crippen LogP contribution in [0.2, 0.25) is 5.15 Å². The Morgan fingerprint density at radius 1 is 1.30 bits per heavy atom. The molecule has 1 aliphatic heterocycles. The van der Waals surface area contributed by atoms with Crippen molar-refractivity contribution in [3.63, 3.8) is 0 Å². The first-order valence-electron chi connectivity index (χ1n) is 9.45. The van der Waals surface area contributed by atoms with E-state index in [4.69, 9.17) is 16.3 Å². The van der Waals surface area contributed by atoms with Gasteiger partial charge in [0, 0.05) is 19.2 Å². The van der Waals surface area contributed by atoms with E-state index in [1.54, 1.807) is 19.4 Å². The van der Waals surface area contributed by atoms with Crippen LogP contribution in [-0.4, -0.2) is 31.1 Å². The average molecular weight is 386 g/mol. The van der Waals surface area contributed by atoms with Gasteiger partial charge < -0.3 is 15.4 Å². The van der Waals surface area contributed by atoms with Crippen LogP contribution in [0.15, 0.2) is 36.5 Å². The lowest BCUT2D eigenvalue weighted by Gasteiger charge is -2.43.